The number of carboxylic acids is 1. The van der Waals surface area contributed by atoms with Gasteiger partial charge in [-0.15, -0.1) is 0 Å². The number of anilines is 1. The Hall–Kier alpha value is -2.80. The average molecular weight is 393 g/mol. The minimum atomic E-state index is -0.983. The molecule has 0 saturated carbocycles. The Morgan fingerprint density at radius 2 is 1.90 bits per heavy atom. The molecule has 29 heavy (non-hydrogen) atoms. The van der Waals surface area contributed by atoms with Gasteiger partial charge in [0.1, 0.15) is 5.82 Å². The Morgan fingerprint density at radius 1 is 1.07 bits per heavy atom. The van der Waals surface area contributed by atoms with Crippen molar-refractivity contribution >= 4 is 11.8 Å². The number of rotatable bonds is 3. The van der Waals surface area contributed by atoms with E-state index in [1.807, 2.05) is 12.1 Å². The van der Waals surface area contributed by atoms with Crippen LogP contribution in [0.15, 0.2) is 36.4 Å². The second-order valence-corrected chi connectivity index (χ2v) is 8.41. The quantitative estimate of drug-likeness (QED) is 0.859. The highest BCUT2D eigenvalue weighted by molar-refractivity contribution is 5.85. The molecule has 1 aromatic carbocycles. The number of carboxylic acid groups (broad SMARTS) is 1. The molecule has 1 aromatic heterocycles. The van der Waals surface area contributed by atoms with Gasteiger partial charge in [-0.3, -0.25) is 4.90 Å². The average Bonchev–Trinajstić information content (AvgIpc) is 3.40. The molecule has 7 rings (SSSR count). The van der Waals surface area contributed by atoms with Crippen molar-refractivity contribution in [2.24, 2.45) is 5.92 Å². The van der Waals surface area contributed by atoms with Gasteiger partial charge in [0.15, 0.2) is 17.2 Å². The smallest absolute Gasteiger partial charge is 0.354 e. The standard InChI is InChI=1S/C22H23N3O4/c26-22(27)16-2-1-3-19(23-16)25-11-15(14-4-5-17-18(10-14)29-12-28-17)21-20(25)13-6-8-24(21)9-7-13/h1-5,10,13,15,20-21H,6-9,11-12H2,(H,26,27)/t15-,20+,21+/m1/s1. The number of piperidine rings is 3. The third-order valence-electron chi connectivity index (χ3n) is 7.07. The van der Waals surface area contributed by atoms with E-state index in [1.165, 1.54) is 18.4 Å². The molecule has 3 atom stereocenters. The van der Waals surface area contributed by atoms with Crippen LogP contribution >= 0.6 is 0 Å². The van der Waals surface area contributed by atoms with E-state index >= 15 is 0 Å². The first kappa shape index (κ1) is 17.1. The predicted octanol–water partition coefficient (Wildman–Crippen LogP) is 2.58. The number of aromatic carboxylic acids is 1. The van der Waals surface area contributed by atoms with Crippen molar-refractivity contribution in [3.8, 4) is 11.5 Å². The Morgan fingerprint density at radius 3 is 2.72 bits per heavy atom. The summed E-state index contributed by atoms with van der Waals surface area (Å²) >= 11 is 0. The molecule has 2 aromatic rings. The molecule has 4 saturated heterocycles. The van der Waals surface area contributed by atoms with Gasteiger partial charge in [-0.2, -0.15) is 0 Å². The summed E-state index contributed by atoms with van der Waals surface area (Å²) in [5.41, 5.74) is 1.36. The van der Waals surface area contributed by atoms with Crippen molar-refractivity contribution in [2.45, 2.75) is 30.8 Å². The molecule has 4 fully saturated rings. The van der Waals surface area contributed by atoms with Gasteiger partial charge in [-0.05, 0) is 61.7 Å². The number of benzene rings is 1. The third-order valence-corrected chi connectivity index (χ3v) is 7.07. The maximum Gasteiger partial charge on any atom is 0.354 e. The van der Waals surface area contributed by atoms with Gasteiger partial charge in [0.2, 0.25) is 6.79 Å². The fourth-order valence-electron chi connectivity index (χ4n) is 5.82. The maximum atomic E-state index is 11.5. The zero-order valence-electron chi connectivity index (χ0n) is 16.0. The number of ether oxygens (including phenoxy) is 2. The van der Waals surface area contributed by atoms with E-state index in [9.17, 15) is 9.90 Å². The topological polar surface area (TPSA) is 75.1 Å². The second-order valence-electron chi connectivity index (χ2n) is 8.41. The molecule has 0 aliphatic carbocycles. The Balaban J connectivity index is 1.41. The number of pyridine rings is 1. The summed E-state index contributed by atoms with van der Waals surface area (Å²) in [4.78, 5) is 20.9. The molecule has 5 aliphatic rings. The van der Waals surface area contributed by atoms with Crippen LogP contribution in [0.1, 0.15) is 34.8 Å². The zero-order valence-corrected chi connectivity index (χ0v) is 16.0. The van der Waals surface area contributed by atoms with E-state index < -0.39 is 5.97 Å². The first-order valence-corrected chi connectivity index (χ1v) is 10.3. The first-order chi connectivity index (χ1) is 14.2. The van der Waals surface area contributed by atoms with Gasteiger partial charge >= 0.3 is 5.97 Å². The highest BCUT2D eigenvalue weighted by Crippen LogP contribution is 2.48. The van der Waals surface area contributed by atoms with E-state index in [4.69, 9.17) is 9.47 Å². The van der Waals surface area contributed by atoms with Gasteiger partial charge in [0.05, 0.1) is 0 Å². The van der Waals surface area contributed by atoms with Crippen molar-refractivity contribution in [3.63, 3.8) is 0 Å². The zero-order chi connectivity index (χ0) is 19.5. The van der Waals surface area contributed by atoms with Crippen LogP contribution in [0.25, 0.3) is 0 Å². The van der Waals surface area contributed by atoms with Crippen molar-refractivity contribution < 1.29 is 19.4 Å². The highest BCUT2D eigenvalue weighted by Gasteiger charge is 2.53. The molecule has 2 bridgehead atoms. The summed E-state index contributed by atoms with van der Waals surface area (Å²) in [6, 6.07) is 12.4. The molecule has 0 amide bonds. The summed E-state index contributed by atoms with van der Waals surface area (Å²) < 4.78 is 11.1. The SMILES string of the molecule is O=C(O)c1cccc(N2C[C@H](c3ccc4c(c3)OCO4)[C@H]3[C@@H]2C2CCN3CC2)n1. The minimum absolute atomic E-state index is 0.104. The summed E-state index contributed by atoms with van der Waals surface area (Å²) in [7, 11) is 0. The molecule has 7 heteroatoms. The Labute approximate surface area is 168 Å². The van der Waals surface area contributed by atoms with Gasteiger partial charge in [0.25, 0.3) is 0 Å². The summed E-state index contributed by atoms with van der Waals surface area (Å²) in [5.74, 6) is 2.37. The van der Waals surface area contributed by atoms with E-state index in [2.05, 4.69) is 26.9 Å². The number of hydrogen-bond acceptors (Lipinski definition) is 6. The van der Waals surface area contributed by atoms with E-state index in [0.717, 1.165) is 37.0 Å². The summed E-state index contributed by atoms with van der Waals surface area (Å²) in [6.07, 6.45) is 2.40. The molecule has 7 nitrogen and oxygen atoms in total. The normalized spacial score (nSPS) is 31.7. The monoisotopic (exact) mass is 393 g/mol. The highest BCUT2D eigenvalue weighted by atomic mass is 16.7. The van der Waals surface area contributed by atoms with Gasteiger partial charge in [-0.1, -0.05) is 12.1 Å². The van der Waals surface area contributed by atoms with Crippen LogP contribution in [-0.2, 0) is 0 Å². The molecule has 6 heterocycles. The lowest BCUT2D eigenvalue weighted by Crippen LogP contribution is -2.60. The number of nitrogens with zero attached hydrogens (tertiary/aromatic N) is 3. The van der Waals surface area contributed by atoms with Crippen molar-refractivity contribution in [1.29, 1.82) is 0 Å². The van der Waals surface area contributed by atoms with Crippen LogP contribution in [0.2, 0.25) is 0 Å². The number of fused-ring (bicyclic) bond motifs is 3. The van der Waals surface area contributed by atoms with E-state index in [0.29, 0.717) is 23.9 Å². The fraction of sp³-hybridized carbons (Fsp3) is 0.455. The molecule has 1 N–H and O–H groups in total. The van der Waals surface area contributed by atoms with Gasteiger partial charge < -0.3 is 19.5 Å². The molecule has 0 unspecified atom stereocenters. The predicted molar refractivity (Wildman–Crippen MR) is 106 cm³/mol. The fourth-order valence-corrected chi connectivity index (χ4v) is 5.82. The number of aromatic nitrogens is 1. The van der Waals surface area contributed by atoms with Crippen molar-refractivity contribution in [2.75, 3.05) is 31.3 Å². The molecule has 150 valence electrons. The van der Waals surface area contributed by atoms with Crippen molar-refractivity contribution in [3.05, 3.63) is 47.7 Å². The lowest BCUT2D eigenvalue weighted by atomic mass is 9.75. The molecule has 0 spiro atoms. The second kappa shape index (κ2) is 6.35. The van der Waals surface area contributed by atoms with Crippen LogP contribution in [0, 0.1) is 5.92 Å². The first-order valence-electron chi connectivity index (χ1n) is 10.3. The van der Waals surface area contributed by atoms with Crippen LogP contribution < -0.4 is 14.4 Å². The van der Waals surface area contributed by atoms with Crippen LogP contribution in [0.4, 0.5) is 5.82 Å². The van der Waals surface area contributed by atoms with Gasteiger partial charge in [0, 0.05) is 24.5 Å². The summed E-state index contributed by atoms with van der Waals surface area (Å²) in [6.45, 7) is 3.40. The number of hydrogen-bond donors (Lipinski definition) is 1. The molecule has 5 aliphatic heterocycles. The maximum absolute atomic E-state index is 11.5. The Bertz CT molecular complexity index is 972. The minimum Gasteiger partial charge on any atom is -0.477 e. The molecule has 0 radical (unpaired) electrons. The summed E-state index contributed by atoms with van der Waals surface area (Å²) in [5, 5.41) is 9.39. The number of carbonyl (C=O) groups is 1. The lowest BCUT2D eigenvalue weighted by Gasteiger charge is -2.51. The largest absolute Gasteiger partial charge is 0.477 e. The van der Waals surface area contributed by atoms with Crippen LogP contribution in [-0.4, -0.2) is 59.5 Å². The Kier molecular flexibility index (Phi) is 3.74. The van der Waals surface area contributed by atoms with E-state index in [1.54, 1.807) is 12.1 Å². The van der Waals surface area contributed by atoms with Crippen LogP contribution in [0.5, 0.6) is 11.5 Å². The lowest BCUT2D eigenvalue weighted by molar-refractivity contribution is 0.0354. The molecular weight excluding hydrogens is 370 g/mol. The third kappa shape index (κ3) is 2.60. The van der Waals surface area contributed by atoms with E-state index in [-0.39, 0.29) is 12.5 Å². The molecular formula is C22H23N3O4. The van der Waals surface area contributed by atoms with Gasteiger partial charge in [-0.25, -0.2) is 9.78 Å². The van der Waals surface area contributed by atoms with Crippen molar-refractivity contribution in [1.82, 2.24) is 9.88 Å². The van der Waals surface area contributed by atoms with Crippen LogP contribution in [0.3, 0.4) is 0 Å².